The standard InChI is InChI=1S/C18H29N/c1-13(2)19-12-17(15(4)18(5,6)7)16-10-8-14(3)9-11-16/h8-11,13,17,19H,4,12H2,1-3,5-7H3. The molecule has 1 unspecified atom stereocenters. The molecule has 0 amide bonds. The maximum Gasteiger partial charge on any atom is 0.0176 e. The maximum absolute atomic E-state index is 4.36. The highest BCUT2D eigenvalue weighted by Crippen LogP contribution is 2.35. The molecule has 0 aliphatic rings. The molecule has 1 aromatic rings. The van der Waals surface area contributed by atoms with Crippen LogP contribution in [0.2, 0.25) is 0 Å². The Bertz CT molecular complexity index is 406. The fraction of sp³-hybridized carbons (Fsp3) is 0.556. The summed E-state index contributed by atoms with van der Waals surface area (Å²) in [5, 5.41) is 3.55. The van der Waals surface area contributed by atoms with E-state index in [1.165, 1.54) is 16.7 Å². The largest absolute Gasteiger partial charge is 0.314 e. The molecule has 19 heavy (non-hydrogen) atoms. The van der Waals surface area contributed by atoms with Crippen molar-refractivity contribution >= 4 is 0 Å². The van der Waals surface area contributed by atoms with E-state index < -0.39 is 0 Å². The van der Waals surface area contributed by atoms with Gasteiger partial charge < -0.3 is 5.32 Å². The molecule has 106 valence electrons. The van der Waals surface area contributed by atoms with Gasteiger partial charge in [0.25, 0.3) is 0 Å². The molecule has 0 heterocycles. The second kappa shape index (κ2) is 6.38. The van der Waals surface area contributed by atoms with Crippen molar-refractivity contribution in [1.29, 1.82) is 0 Å². The zero-order valence-electron chi connectivity index (χ0n) is 13.4. The van der Waals surface area contributed by atoms with Gasteiger partial charge in [0.05, 0.1) is 0 Å². The van der Waals surface area contributed by atoms with Gasteiger partial charge in [-0.2, -0.15) is 0 Å². The van der Waals surface area contributed by atoms with Gasteiger partial charge >= 0.3 is 0 Å². The number of aryl methyl sites for hydroxylation is 1. The minimum atomic E-state index is 0.133. The van der Waals surface area contributed by atoms with E-state index in [2.05, 4.69) is 77.7 Å². The van der Waals surface area contributed by atoms with Gasteiger partial charge in [0.1, 0.15) is 0 Å². The van der Waals surface area contributed by atoms with E-state index in [-0.39, 0.29) is 5.41 Å². The van der Waals surface area contributed by atoms with Crippen molar-refractivity contribution in [1.82, 2.24) is 5.32 Å². The van der Waals surface area contributed by atoms with Crippen LogP contribution in [-0.4, -0.2) is 12.6 Å². The molecule has 0 saturated carbocycles. The van der Waals surface area contributed by atoms with Gasteiger partial charge in [-0.1, -0.05) is 76.6 Å². The molecule has 0 aromatic heterocycles. The third-order valence-corrected chi connectivity index (χ3v) is 3.59. The first-order chi connectivity index (χ1) is 8.71. The number of hydrogen-bond donors (Lipinski definition) is 1. The summed E-state index contributed by atoms with van der Waals surface area (Å²) < 4.78 is 0. The second-order valence-corrected chi connectivity index (χ2v) is 6.80. The van der Waals surface area contributed by atoms with Crippen LogP contribution >= 0.6 is 0 Å². The second-order valence-electron chi connectivity index (χ2n) is 6.80. The fourth-order valence-corrected chi connectivity index (χ4v) is 2.12. The first-order valence-electron chi connectivity index (χ1n) is 7.21. The van der Waals surface area contributed by atoms with E-state index in [0.717, 1.165) is 6.54 Å². The summed E-state index contributed by atoms with van der Waals surface area (Å²) >= 11 is 0. The van der Waals surface area contributed by atoms with Crippen molar-refractivity contribution in [2.24, 2.45) is 5.41 Å². The Hall–Kier alpha value is -1.08. The molecule has 0 aliphatic heterocycles. The minimum Gasteiger partial charge on any atom is -0.314 e. The molecule has 1 atom stereocenters. The van der Waals surface area contributed by atoms with E-state index in [1.54, 1.807) is 0 Å². The summed E-state index contributed by atoms with van der Waals surface area (Å²) in [5.41, 5.74) is 4.10. The van der Waals surface area contributed by atoms with Crippen molar-refractivity contribution in [2.75, 3.05) is 6.54 Å². The van der Waals surface area contributed by atoms with Crippen LogP contribution in [0.25, 0.3) is 0 Å². The molecular weight excluding hydrogens is 230 g/mol. The fourth-order valence-electron chi connectivity index (χ4n) is 2.12. The summed E-state index contributed by atoms with van der Waals surface area (Å²) in [6.07, 6.45) is 0. The Morgan fingerprint density at radius 2 is 1.68 bits per heavy atom. The molecule has 1 nitrogen and oxygen atoms in total. The summed E-state index contributed by atoms with van der Waals surface area (Å²) in [6, 6.07) is 9.35. The van der Waals surface area contributed by atoms with Gasteiger partial charge in [-0.3, -0.25) is 0 Å². The monoisotopic (exact) mass is 259 g/mol. The lowest BCUT2D eigenvalue weighted by atomic mass is 9.76. The molecule has 1 rings (SSSR count). The third kappa shape index (κ3) is 4.83. The van der Waals surface area contributed by atoms with Gasteiger partial charge in [0.15, 0.2) is 0 Å². The van der Waals surface area contributed by atoms with E-state index in [4.69, 9.17) is 0 Å². The highest BCUT2D eigenvalue weighted by Gasteiger charge is 2.24. The topological polar surface area (TPSA) is 12.0 Å². The van der Waals surface area contributed by atoms with Crippen molar-refractivity contribution in [2.45, 2.75) is 53.5 Å². The van der Waals surface area contributed by atoms with Crippen molar-refractivity contribution in [3.8, 4) is 0 Å². The molecule has 0 radical (unpaired) electrons. The summed E-state index contributed by atoms with van der Waals surface area (Å²) in [7, 11) is 0. The molecule has 0 spiro atoms. The van der Waals surface area contributed by atoms with Crippen LogP contribution in [0, 0.1) is 12.3 Å². The average molecular weight is 259 g/mol. The van der Waals surface area contributed by atoms with Crippen LogP contribution in [-0.2, 0) is 0 Å². The Morgan fingerprint density at radius 3 is 2.11 bits per heavy atom. The number of rotatable bonds is 5. The Morgan fingerprint density at radius 1 is 1.16 bits per heavy atom. The van der Waals surface area contributed by atoms with E-state index in [9.17, 15) is 0 Å². The first kappa shape index (κ1) is 16.0. The van der Waals surface area contributed by atoms with E-state index >= 15 is 0 Å². The van der Waals surface area contributed by atoms with Crippen LogP contribution in [0.4, 0.5) is 0 Å². The maximum atomic E-state index is 4.36. The normalized spacial score (nSPS) is 13.6. The quantitative estimate of drug-likeness (QED) is 0.757. The van der Waals surface area contributed by atoms with Crippen LogP contribution in [0.15, 0.2) is 36.4 Å². The molecular formula is C18H29N. The van der Waals surface area contributed by atoms with Crippen molar-refractivity contribution in [3.63, 3.8) is 0 Å². The Balaban J connectivity index is 2.98. The van der Waals surface area contributed by atoms with E-state index in [0.29, 0.717) is 12.0 Å². The highest BCUT2D eigenvalue weighted by molar-refractivity contribution is 5.32. The molecule has 0 fully saturated rings. The summed E-state index contributed by atoms with van der Waals surface area (Å²) in [4.78, 5) is 0. The molecule has 1 aromatic carbocycles. The van der Waals surface area contributed by atoms with Crippen LogP contribution in [0.5, 0.6) is 0 Å². The lowest BCUT2D eigenvalue weighted by Crippen LogP contribution is -2.31. The van der Waals surface area contributed by atoms with Crippen LogP contribution < -0.4 is 5.32 Å². The Labute approximate surface area is 119 Å². The lowest BCUT2D eigenvalue weighted by molar-refractivity contribution is 0.444. The van der Waals surface area contributed by atoms with E-state index in [1.807, 2.05) is 0 Å². The predicted molar refractivity (Wildman–Crippen MR) is 85.7 cm³/mol. The molecule has 0 saturated heterocycles. The zero-order valence-corrected chi connectivity index (χ0v) is 13.4. The first-order valence-corrected chi connectivity index (χ1v) is 7.21. The molecule has 0 aliphatic carbocycles. The minimum absolute atomic E-state index is 0.133. The zero-order chi connectivity index (χ0) is 14.6. The lowest BCUT2D eigenvalue weighted by Gasteiger charge is -2.31. The van der Waals surface area contributed by atoms with Gasteiger partial charge in [0, 0.05) is 18.5 Å². The number of hydrogen-bond acceptors (Lipinski definition) is 1. The molecule has 0 bridgehead atoms. The smallest absolute Gasteiger partial charge is 0.0176 e. The third-order valence-electron chi connectivity index (χ3n) is 3.59. The van der Waals surface area contributed by atoms with Crippen molar-refractivity contribution < 1.29 is 0 Å². The van der Waals surface area contributed by atoms with Crippen LogP contribution in [0.1, 0.15) is 51.7 Å². The number of nitrogens with one attached hydrogen (secondary N) is 1. The van der Waals surface area contributed by atoms with Gasteiger partial charge in [-0.05, 0) is 17.9 Å². The molecule has 1 N–H and O–H groups in total. The number of benzene rings is 1. The van der Waals surface area contributed by atoms with Gasteiger partial charge in [0.2, 0.25) is 0 Å². The highest BCUT2D eigenvalue weighted by atomic mass is 14.9. The van der Waals surface area contributed by atoms with Gasteiger partial charge in [-0.15, -0.1) is 0 Å². The predicted octanol–water partition coefficient (Wildman–Crippen LogP) is 4.68. The SMILES string of the molecule is C=C(C(CNC(C)C)c1ccc(C)cc1)C(C)(C)C. The van der Waals surface area contributed by atoms with Gasteiger partial charge in [-0.25, -0.2) is 0 Å². The summed E-state index contributed by atoms with van der Waals surface area (Å²) in [5.74, 6) is 0.378. The Kier molecular flexibility index (Phi) is 5.37. The van der Waals surface area contributed by atoms with Crippen molar-refractivity contribution in [3.05, 3.63) is 47.5 Å². The van der Waals surface area contributed by atoms with Crippen LogP contribution in [0.3, 0.4) is 0 Å². The molecule has 1 heteroatoms. The average Bonchev–Trinajstić information content (AvgIpc) is 2.29. The summed E-state index contributed by atoms with van der Waals surface area (Å²) in [6.45, 7) is 18.5.